The van der Waals surface area contributed by atoms with Crippen LogP contribution in [-0.4, -0.2) is 27.6 Å². The summed E-state index contributed by atoms with van der Waals surface area (Å²) in [7, 11) is -2.22. The molecule has 5 nitrogen and oxygen atoms in total. The molecule has 0 aliphatic rings. The summed E-state index contributed by atoms with van der Waals surface area (Å²) < 4.78 is 37.2. The van der Waals surface area contributed by atoms with Gasteiger partial charge in [0.2, 0.25) is 15.9 Å². The first-order valence-electron chi connectivity index (χ1n) is 5.22. The first-order chi connectivity index (χ1) is 8.21. The van der Waals surface area contributed by atoms with E-state index < -0.39 is 21.7 Å². The van der Waals surface area contributed by atoms with E-state index in [1.54, 1.807) is 6.07 Å². The van der Waals surface area contributed by atoms with Gasteiger partial charge < -0.3 is 5.73 Å². The molecule has 0 spiro atoms. The van der Waals surface area contributed by atoms with Gasteiger partial charge in [-0.1, -0.05) is 6.07 Å². The number of nitrogens with zero attached hydrogens (tertiary/aromatic N) is 1. The van der Waals surface area contributed by atoms with Gasteiger partial charge in [-0.25, -0.2) is 12.8 Å². The van der Waals surface area contributed by atoms with Crippen molar-refractivity contribution in [3.05, 3.63) is 29.6 Å². The van der Waals surface area contributed by atoms with Crippen molar-refractivity contribution in [2.24, 2.45) is 5.73 Å². The van der Waals surface area contributed by atoms with Crippen LogP contribution in [0.2, 0.25) is 0 Å². The Hall–Kier alpha value is -1.63. The maximum Gasteiger partial charge on any atom is 0.232 e. The van der Waals surface area contributed by atoms with Gasteiger partial charge in [-0.3, -0.25) is 9.10 Å². The number of sulfonamides is 1. The molecule has 0 bridgehead atoms. The van der Waals surface area contributed by atoms with Crippen molar-refractivity contribution >= 4 is 21.6 Å². The van der Waals surface area contributed by atoms with Crippen molar-refractivity contribution in [1.82, 2.24) is 0 Å². The molecule has 1 rings (SSSR count). The first-order valence-corrected chi connectivity index (χ1v) is 7.07. The summed E-state index contributed by atoms with van der Waals surface area (Å²) in [5, 5.41) is 0. The molecule has 1 amide bonds. The lowest BCUT2D eigenvalue weighted by Gasteiger charge is -2.17. The van der Waals surface area contributed by atoms with Gasteiger partial charge in [-0.15, -0.1) is 0 Å². The van der Waals surface area contributed by atoms with E-state index in [-0.39, 0.29) is 12.1 Å². The normalized spacial score (nSPS) is 11.3. The van der Waals surface area contributed by atoms with E-state index in [1.165, 1.54) is 19.2 Å². The highest BCUT2D eigenvalue weighted by Gasteiger charge is 2.16. The number of carbonyl (C=O) groups is 1. The van der Waals surface area contributed by atoms with E-state index >= 15 is 0 Å². The Morgan fingerprint density at radius 2 is 2.06 bits per heavy atom. The second kappa shape index (κ2) is 5.34. The highest BCUT2D eigenvalue weighted by Crippen LogP contribution is 2.21. The number of rotatable bonds is 5. The molecule has 0 saturated carbocycles. The number of aryl methyl sites for hydroxylation is 1. The largest absolute Gasteiger partial charge is 0.370 e. The van der Waals surface area contributed by atoms with E-state index in [0.29, 0.717) is 12.0 Å². The highest BCUT2D eigenvalue weighted by atomic mass is 32.2. The molecule has 0 heterocycles. The van der Waals surface area contributed by atoms with Crippen LogP contribution in [0.4, 0.5) is 10.1 Å². The van der Waals surface area contributed by atoms with Crippen LogP contribution in [0.3, 0.4) is 0 Å². The predicted octanol–water partition coefficient (Wildman–Crippen LogP) is 0.639. The van der Waals surface area contributed by atoms with E-state index in [2.05, 4.69) is 0 Å². The third-order valence-corrected chi connectivity index (χ3v) is 3.70. The van der Waals surface area contributed by atoms with Crippen LogP contribution in [0.5, 0.6) is 0 Å². The third kappa shape index (κ3) is 3.69. The summed E-state index contributed by atoms with van der Waals surface area (Å²) in [6.07, 6.45) is 1.45. The first kappa shape index (κ1) is 14.4. The summed E-state index contributed by atoms with van der Waals surface area (Å²) in [6, 6.07) is 4.15. The molecular weight excluding hydrogens is 259 g/mol. The van der Waals surface area contributed by atoms with Crippen LogP contribution in [0.25, 0.3) is 0 Å². The van der Waals surface area contributed by atoms with Crippen molar-refractivity contribution in [2.45, 2.75) is 12.8 Å². The standard InChI is InChI=1S/C11H15FN2O3S/c1-14(18(2,16)17)10-5-3-8(7-9(10)12)4-6-11(13)15/h3,5,7H,4,6H2,1-2H3,(H2,13,15). The molecule has 18 heavy (non-hydrogen) atoms. The van der Waals surface area contributed by atoms with E-state index in [1.807, 2.05) is 0 Å². The van der Waals surface area contributed by atoms with Gasteiger partial charge in [0, 0.05) is 13.5 Å². The van der Waals surface area contributed by atoms with Crippen LogP contribution >= 0.6 is 0 Å². The molecule has 0 aliphatic carbocycles. The maximum absolute atomic E-state index is 13.7. The fraction of sp³-hybridized carbons (Fsp3) is 0.364. The Balaban J connectivity index is 2.96. The van der Waals surface area contributed by atoms with Crippen molar-refractivity contribution in [3.63, 3.8) is 0 Å². The fourth-order valence-electron chi connectivity index (χ4n) is 1.41. The zero-order valence-electron chi connectivity index (χ0n) is 10.2. The number of carbonyl (C=O) groups excluding carboxylic acids is 1. The number of benzene rings is 1. The number of amides is 1. The minimum Gasteiger partial charge on any atom is -0.370 e. The molecular formula is C11H15FN2O3S. The summed E-state index contributed by atoms with van der Waals surface area (Å²) in [5.74, 6) is -1.11. The van der Waals surface area contributed by atoms with Gasteiger partial charge in [-0.05, 0) is 24.1 Å². The lowest BCUT2D eigenvalue weighted by molar-refractivity contribution is -0.117. The van der Waals surface area contributed by atoms with Crippen molar-refractivity contribution < 1.29 is 17.6 Å². The summed E-state index contributed by atoms with van der Waals surface area (Å²) in [6.45, 7) is 0. The molecule has 0 unspecified atom stereocenters. The summed E-state index contributed by atoms with van der Waals surface area (Å²) in [5.41, 5.74) is 5.56. The molecule has 0 atom stereocenters. The summed E-state index contributed by atoms with van der Waals surface area (Å²) >= 11 is 0. The Bertz CT molecular complexity index is 557. The van der Waals surface area contributed by atoms with Crippen LogP contribution in [-0.2, 0) is 21.2 Å². The third-order valence-electron chi connectivity index (χ3n) is 2.51. The van der Waals surface area contributed by atoms with Crippen molar-refractivity contribution in [1.29, 1.82) is 0 Å². The average molecular weight is 274 g/mol. The molecule has 7 heteroatoms. The highest BCUT2D eigenvalue weighted by molar-refractivity contribution is 7.92. The molecule has 100 valence electrons. The molecule has 0 aliphatic heterocycles. The average Bonchev–Trinajstić information content (AvgIpc) is 2.24. The van der Waals surface area contributed by atoms with Crippen molar-refractivity contribution in [2.75, 3.05) is 17.6 Å². The van der Waals surface area contributed by atoms with Crippen LogP contribution in [0.15, 0.2) is 18.2 Å². The number of nitrogens with two attached hydrogens (primary N) is 1. The number of primary amides is 1. The number of anilines is 1. The Labute approximate surface area is 105 Å². The predicted molar refractivity (Wildman–Crippen MR) is 67.2 cm³/mol. The number of halogens is 1. The topological polar surface area (TPSA) is 80.5 Å². The zero-order valence-corrected chi connectivity index (χ0v) is 11.0. The summed E-state index contributed by atoms with van der Waals surface area (Å²) in [4.78, 5) is 10.6. The molecule has 0 saturated heterocycles. The lowest BCUT2D eigenvalue weighted by Crippen LogP contribution is -2.25. The second-order valence-electron chi connectivity index (χ2n) is 3.98. The van der Waals surface area contributed by atoms with Gasteiger partial charge in [0.1, 0.15) is 5.82 Å². The van der Waals surface area contributed by atoms with Gasteiger partial charge in [-0.2, -0.15) is 0 Å². The Morgan fingerprint density at radius 1 is 1.44 bits per heavy atom. The minimum atomic E-state index is -3.50. The molecule has 1 aromatic carbocycles. The Kier molecular flexibility index (Phi) is 4.28. The van der Waals surface area contributed by atoms with Gasteiger partial charge in [0.25, 0.3) is 0 Å². The molecule has 0 radical (unpaired) electrons. The molecule has 1 aromatic rings. The quantitative estimate of drug-likeness (QED) is 0.855. The SMILES string of the molecule is CN(c1ccc(CCC(N)=O)cc1F)S(C)(=O)=O. The van der Waals surface area contributed by atoms with E-state index in [0.717, 1.165) is 10.6 Å². The smallest absolute Gasteiger partial charge is 0.232 e. The zero-order chi connectivity index (χ0) is 13.9. The van der Waals surface area contributed by atoms with Crippen molar-refractivity contribution in [3.8, 4) is 0 Å². The Morgan fingerprint density at radius 3 is 2.50 bits per heavy atom. The van der Waals surface area contributed by atoms with Gasteiger partial charge >= 0.3 is 0 Å². The monoisotopic (exact) mass is 274 g/mol. The van der Waals surface area contributed by atoms with Gasteiger partial charge in [0.05, 0.1) is 11.9 Å². The molecule has 0 aromatic heterocycles. The van der Waals surface area contributed by atoms with E-state index in [4.69, 9.17) is 5.73 Å². The maximum atomic E-state index is 13.7. The van der Waals surface area contributed by atoms with Crippen LogP contribution in [0.1, 0.15) is 12.0 Å². The molecule has 2 N–H and O–H groups in total. The lowest BCUT2D eigenvalue weighted by atomic mass is 10.1. The van der Waals surface area contributed by atoms with Gasteiger partial charge in [0.15, 0.2) is 0 Å². The van der Waals surface area contributed by atoms with Crippen LogP contribution in [0, 0.1) is 5.82 Å². The second-order valence-corrected chi connectivity index (χ2v) is 6.00. The minimum absolute atomic E-state index is 0.0275. The fourth-order valence-corrected chi connectivity index (χ4v) is 1.91. The van der Waals surface area contributed by atoms with E-state index in [9.17, 15) is 17.6 Å². The number of hydrogen-bond acceptors (Lipinski definition) is 3. The molecule has 0 fully saturated rings. The number of hydrogen-bond donors (Lipinski definition) is 1. The van der Waals surface area contributed by atoms with Crippen LogP contribution < -0.4 is 10.0 Å².